The van der Waals surface area contributed by atoms with Crippen LogP contribution in [0.5, 0.6) is 0 Å². The van der Waals surface area contributed by atoms with Crippen molar-refractivity contribution in [3.8, 4) is 0 Å². The van der Waals surface area contributed by atoms with Gasteiger partial charge in [-0.05, 0) is 23.8 Å². The molecular formula is C17H21N3O3. The Morgan fingerprint density at radius 1 is 1.35 bits per heavy atom. The summed E-state index contributed by atoms with van der Waals surface area (Å²) < 4.78 is 13.2. The van der Waals surface area contributed by atoms with Crippen molar-refractivity contribution >= 4 is 5.91 Å². The molecule has 122 valence electrons. The van der Waals surface area contributed by atoms with Gasteiger partial charge in [0.05, 0.1) is 25.8 Å². The Bertz CT molecular complexity index is 642. The molecule has 0 bridgehead atoms. The molecule has 0 saturated heterocycles. The molecule has 2 aromatic rings. The Morgan fingerprint density at radius 2 is 2.26 bits per heavy atom. The maximum atomic E-state index is 12.2. The van der Waals surface area contributed by atoms with Gasteiger partial charge in [0.1, 0.15) is 6.61 Å². The average Bonchev–Trinajstić information content (AvgIpc) is 2.92. The van der Waals surface area contributed by atoms with Gasteiger partial charge in [-0.25, -0.2) is 0 Å². The third-order valence-corrected chi connectivity index (χ3v) is 3.93. The van der Waals surface area contributed by atoms with Gasteiger partial charge in [-0.3, -0.25) is 9.78 Å². The van der Waals surface area contributed by atoms with Crippen molar-refractivity contribution in [2.24, 2.45) is 0 Å². The van der Waals surface area contributed by atoms with Crippen LogP contribution in [0.1, 0.15) is 11.3 Å². The summed E-state index contributed by atoms with van der Waals surface area (Å²) in [5.74, 6) is -0.0165. The van der Waals surface area contributed by atoms with E-state index in [1.165, 1.54) is 7.11 Å². The van der Waals surface area contributed by atoms with Crippen LogP contribution in [0.25, 0.3) is 0 Å². The van der Waals surface area contributed by atoms with Crippen molar-refractivity contribution in [1.82, 2.24) is 14.5 Å². The van der Waals surface area contributed by atoms with E-state index in [0.717, 1.165) is 17.8 Å². The van der Waals surface area contributed by atoms with E-state index in [-0.39, 0.29) is 18.6 Å². The Hall–Kier alpha value is -2.18. The fourth-order valence-corrected chi connectivity index (χ4v) is 2.76. The van der Waals surface area contributed by atoms with Gasteiger partial charge in [-0.2, -0.15) is 0 Å². The minimum atomic E-state index is -0.0651. The van der Waals surface area contributed by atoms with E-state index in [1.54, 1.807) is 17.3 Å². The lowest BCUT2D eigenvalue weighted by atomic mass is 10.3. The van der Waals surface area contributed by atoms with Gasteiger partial charge in [0.15, 0.2) is 0 Å². The summed E-state index contributed by atoms with van der Waals surface area (Å²) in [5.41, 5.74) is 2.14. The summed E-state index contributed by atoms with van der Waals surface area (Å²) in [4.78, 5) is 18.1. The second kappa shape index (κ2) is 7.39. The third kappa shape index (κ3) is 3.97. The summed E-state index contributed by atoms with van der Waals surface area (Å²) >= 11 is 0. The molecule has 0 spiro atoms. The maximum absolute atomic E-state index is 12.2. The first-order chi connectivity index (χ1) is 11.3. The lowest BCUT2D eigenvalue weighted by Gasteiger charge is -2.24. The van der Waals surface area contributed by atoms with Gasteiger partial charge in [0.2, 0.25) is 5.91 Å². The highest BCUT2D eigenvalue weighted by Gasteiger charge is 2.25. The van der Waals surface area contributed by atoms with Crippen LogP contribution in [0.2, 0.25) is 0 Å². The molecule has 3 rings (SSSR count). The van der Waals surface area contributed by atoms with E-state index in [0.29, 0.717) is 19.7 Å². The standard InChI is InChI=1S/C17H21N3O3/c1-22-13-17(21)20-9-15-5-3-7-19(15)10-16(11-20)23-12-14-4-2-6-18-8-14/h2-8,16H,9-13H2,1H3. The first-order valence-corrected chi connectivity index (χ1v) is 7.67. The summed E-state index contributed by atoms with van der Waals surface area (Å²) in [6.45, 7) is 2.46. The largest absolute Gasteiger partial charge is 0.375 e. The van der Waals surface area contributed by atoms with Crippen LogP contribution < -0.4 is 0 Å². The molecular weight excluding hydrogens is 294 g/mol. The van der Waals surface area contributed by atoms with Gasteiger partial charge in [0.25, 0.3) is 0 Å². The molecule has 1 aliphatic rings. The molecule has 1 unspecified atom stereocenters. The number of carbonyl (C=O) groups is 1. The quantitative estimate of drug-likeness (QED) is 0.838. The number of amides is 1. The minimum absolute atomic E-state index is 0.0165. The Balaban J connectivity index is 1.70. The van der Waals surface area contributed by atoms with Gasteiger partial charge in [-0.1, -0.05) is 6.07 Å². The Morgan fingerprint density at radius 3 is 3.04 bits per heavy atom. The van der Waals surface area contributed by atoms with Gasteiger partial charge in [0, 0.05) is 37.9 Å². The van der Waals surface area contributed by atoms with E-state index in [2.05, 4.69) is 9.55 Å². The predicted molar refractivity (Wildman–Crippen MR) is 84.5 cm³/mol. The summed E-state index contributed by atoms with van der Waals surface area (Å²) in [5, 5.41) is 0. The van der Waals surface area contributed by atoms with Crippen LogP contribution in [0.15, 0.2) is 42.9 Å². The van der Waals surface area contributed by atoms with Crippen LogP contribution >= 0.6 is 0 Å². The number of methoxy groups -OCH3 is 1. The summed E-state index contributed by atoms with van der Waals surface area (Å²) in [6, 6.07) is 7.91. The van der Waals surface area contributed by atoms with E-state index in [4.69, 9.17) is 9.47 Å². The number of fused-ring (bicyclic) bond motifs is 1. The number of aromatic nitrogens is 2. The molecule has 2 aromatic heterocycles. The highest BCUT2D eigenvalue weighted by Crippen LogP contribution is 2.16. The lowest BCUT2D eigenvalue weighted by Crippen LogP contribution is -2.39. The minimum Gasteiger partial charge on any atom is -0.375 e. The molecule has 1 atom stereocenters. The molecule has 0 fully saturated rings. The molecule has 6 nitrogen and oxygen atoms in total. The van der Waals surface area contributed by atoms with E-state index in [9.17, 15) is 4.79 Å². The van der Waals surface area contributed by atoms with Crippen LogP contribution in [0, 0.1) is 0 Å². The topological polar surface area (TPSA) is 56.6 Å². The number of ether oxygens (including phenoxy) is 2. The molecule has 6 heteroatoms. The van der Waals surface area contributed by atoms with Gasteiger partial charge in [-0.15, -0.1) is 0 Å². The molecule has 0 saturated carbocycles. The van der Waals surface area contributed by atoms with E-state index in [1.807, 2.05) is 30.5 Å². The van der Waals surface area contributed by atoms with Crippen LogP contribution in [0.3, 0.4) is 0 Å². The van der Waals surface area contributed by atoms with Crippen LogP contribution in [-0.4, -0.2) is 46.7 Å². The first-order valence-electron chi connectivity index (χ1n) is 7.67. The van der Waals surface area contributed by atoms with E-state index < -0.39 is 0 Å². The molecule has 1 amide bonds. The van der Waals surface area contributed by atoms with E-state index >= 15 is 0 Å². The van der Waals surface area contributed by atoms with Crippen LogP contribution in [-0.2, 0) is 34.0 Å². The molecule has 1 aliphatic heterocycles. The Labute approximate surface area is 135 Å². The summed E-state index contributed by atoms with van der Waals surface area (Å²) in [6.07, 6.45) is 5.50. The van der Waals surface area contributed by atoms with Crippen molar-refractivity contribution in [2.45, 2.75) is 25.8 Å². The number of hydrogen-bond donors (Lipinski definition) is 0. The average molecular weight is 315 g/mol. The number of rotatable bonds is 5. The fourth-order valence-electron chi connectivity index (χ4n) is 2.76. The van der Waals surface area contributed by atoms with Gasteiger partial charge >= 0.3 is 0 Å². The lowest BCUT2D eigenvalue weighted by molar-refractivity contribution is -0.137. The van der Waals surface area contributed by atoms with Crippen LogP contribution in [0.4, 0.5) is 0 Å². The van der Waals surface area contributed by atoms with Crippen molar-refractivity contribution in [1.29, 1.82) is 0 Å². The Kier molecular flexibility index (Phi) is 5.05. The molecule has 0 N–H and O–H groups in total. The molecule has 0 aliphatic carbocycles. The first kappa shape index (κ1) is 15.7. The number of pyridine rings is 1. The fraction of sp³-hybridized carbons (Fsp3) is 0.412. The number of hydrogen-bond acceptors (Lipinski definition) is 4. The molecule has 23 heavy (non-hydrogen) atoms. The molecule has 0 aromatic carbocycles. The predicted octanol–water partition coefficient (Wildman–Crippen LogP) is 1.46. The van der Waals surface area contributed by atoms with Gasteiger partial charge < -0.3 is 18.9 Å². The van der Waals surface area contributed by atoms with Crippen molar-refractivity contribution < 1.29 is 14.3 Å². The zero-order chi connectivity index (χ0) is 16.1. The highest BCUT2D eigenvalue weighted by atomic mass is 16.5. The highest BCUT2D eigenvalue weighted by molar-refractivity contribution is 5.77. The zero-order valence-electron chi connectivity index (χ0n) is 13.2. The molecule has 3 heterocycles. The maximum Gasteiger partial charge on any atom is 0.248 e. The normalized spacial score (nSPS) is 17.6. The number of carbonyl (C=O) groups excluding carboxylic acids is 1. The zero-order valence-corrected chi connectivity index (χ0v) is 13.2. The summed E-state index contributed by atoms with van der Waals surface area (Å²) in [7, 11) is 1.54. The van der Waals surface area contributed by atoms with Crippen molar-refractivity contribution in [2.75, 3.05) is 20.3 Å². The third-order valence-electron chi connectivity index (χ3n) is 3.93. The monoisotopic (exact) mass is 315 g/mol. The SMILES string of the molecule is COCC(=O)N1Cc2cccn2CC(OCc2cccnc2)C1. The van der Waals surface area contributed by atoms with Crippen molar-refractivity contribution in [3.05, 3.63) is 54.1 Å². The van der Waals surface area contributed by atoms with Crippen molar-refractivity contribution in [3.63, 3.8) is 0 Å². The smallest absolute Gasteiger partial charge is 0.248 e. The second-order valence-corrected chi connectivity index (χ2v) is 5.65. The molecule has 0 radical (unpaired) electrons. The number of nitrogens with zero attached hydrogens (tertiary/aromatic N) is 3. The second-order valence-electron chi connectivity index (χ2n) is 5.65.